The van der Waals surface area contributed by atoms with Gasteiger partial charge in [0.2, 0.25) is 5.91 Å². The first-order valence-electron chi connectivity index (χ1n) is 9.62. The summed E-state index contributed by atoms with van der Waals surface area (Å²) in [7, 11) is 0. The van der Waals surface area contributed by atoms with Gasteiger partial charge in [0.1, 0.15) is 0 Å². The molecule has 0 bridgehead atoms. The Morgan fingerprint density at radius 2 is 1.77 bits per heavy atom. The molecule has 8 heteroatoms. The third-order valence-corrected chi connectivity index (χ3v) is 5.91. The molecule has 31 heavy (non-hydrogen) atoms. The standard InChI is InChI=1S/C23H18Cl2N2O4/c24-17-8-4-9-18(22(17)25)26-20(28)13-31-23(30)15-11-21(29)27(12-15)19-10-3-6-14-5-1-2-7-16(14)19/h1-10,15H,11-13H2,(H,26,28)/t15-/m0/s1. The van der Waals surface area contributed by atoms with Crippen molar-refractivity contribution >= 4 is 63.1 Å². The number of amides is 2. The van der Waals surface area contributed by atoms with Gasteiger partial charge < -0.3 is 15.0 Å². The lowest BCUT2D eigenvalue weighted by molar-refractivity contribution is -0.151. The molecule has 158 valence electrons. The quantitative estimate of drug-likeness (QED) is 0.565. The van der Waals surface area contributed by atoms with Gasteiger partial charge in [-0.05, 0) is 23.6 Å². The first-order valence-corrected chi connectivity index (χ1v) is 10.4. The van der Waals surface area contributed by atoms with Crippen molar-refractivity contribution in [2.75, 3.05) is 23.4 Å². The van der Waals surface area contributed by atoms with Crippen LogP contribution < -0.4 is 10.2 Å². The average molecular weight is 457 g/mol. The number of benzene rings is 3. The predicted octanol–water partition coefficient (Wildman–Crippen LogP) is 4.68. The minimum Gasteiger partial charge on any atom is -0.455 e. The topological polar surface area (TPSA) is 75.7 Å². The Balaban J connectivity index is 1.38. The van der Waals surface area contributed by atoms with Gasteiger partial charge in [-0.15, -0.1) is 0 Å². The van der Waals surface area contributed by atoms with E-state index in [9.17, 15) is 14.4 Å². The number of carbonyl (C=O) groups excluding carboxylic acids is 3. The maximum Gasteiger partial charge on any atom is 0.311 e. The number of anilines is 2. The van der Waals surface area contributed by atoms with Crippen molar-refractivity contribution in [2.45, 2.75) is 6.42 Å². The molecule has 1 aliphatic heterocycles. The van der Waals surface area contributed by atoms with Gasteiger partial charge in [0.15, 0.2) is 6.61 Å². The molecular formula is C23H18Cl2N2O4. The van der Waals surface area contributed by atoms with E-state index in [1.807, 2.05) is 42.5 Å². The highest BCUT2D eigenvalue weighted by atomic mass is 35.5. The number of halogens is 2. The number of nitrogens with one attached hydrogen (secondary N) is 1. The van der Waals surface area contributed by atoms with E-state index in [0.717, 1.165) is 16.5 Å². The molecule has 0 aliphatic carbocycles. The Bertz CT molecular complexity index is 1180. The summed E-state index contributed by atoms with van der Waals surface area (Å²) in [6.45, 7) is -0.284. The van der Waals surface area contributed by atoms with E-state index in [1.165, 1.54) is 0 Å². The average Bonchev–Trinajstić information content (AvgIpc) is 3.16. The second-order valence-corrected chi connectivity index (χ2v) is 7.95. The summed E-state index contributed by atoms with van der Waals surface area (Å²) in [4.78, 5) is 38.8. The SMILES string of the molecule is O=C(COC(=O)[C@H]1CC(=O)N(c2cccc3ccccc23)C1)Nc1cccc(Cl)c1Cl. The molecule has 2 amide bonds. The summed E-state index contributed by atoms with van der Waals surface area (Å²) in [5.41, 5.74) is 1.08. The zero-order valence-corrected chi connectivity index (χ0v) is 17.8. The van der Waals surface area contributed by atoms with Crippen molar-refractivity contribution in [1.82, 2.24) is 0 Å². The lowest BCUT2D eigenvalue weighted by atomic mass is 10.1. The molecule has 0 spiro atoms. The third kappa shape index (κ3) is 4.50. The van der Waals surface area contributed by atoms with Crippen molar-refractivity contribution in [1.29, 1.82) is 0 Å². The van der Waals surface area contributed by atoms with E-state index in [2.05, 4.69) is 5.32 Å². The fraction of sp³-hybridized carbons (Fsp3) is 0.174. The molecule has 1 aliphatic rings. The fourth-order valence-electron chi connectivity index (χ4n) is 3.58. The highest BCUT2D eigenvalue weighted by Gasteiger charge is 2.36. The van der Waals surface area contributed by atoms with E-state index in [-0.39, 0.29) is 23.9 Å². The molecule has 0 unspecified atom stereocenters. The van der Waals surface area contributed by atoms with Crippen LogP contribution in [0.1, 0.15) is 6.42 Å². The first kappa shape index (κ1) is 21.2. The third-order valence-electron chi connectivity index (χ3n) is 5.09. The van der Waals surface area contributed by atoms with E-state index < -0.39 is 24.4 Å². The molecule has 0 radical (unpaired) electrons. The van der Waals surface area contributed by atoms with Gasteiger partial charge in [-0.2, -0.15) is 0 Å². The molecule has 1 saturated heterocycles. The molecule has 3 aromatic rings. The maximum absolute atomic E-state index is 12.6. The summed E-state index contributed by atoms with van der Waals surface area (Å²) in [5.74, 6) is -1.95. The van der Waals surface area contributed by atoms with Crippen LogP contribution in [0.2, 0.25) is 10.0 Å². The van der Waals surface area contributed by atoms with E-state index in [4.69, 9.17) is 27.9 Å². The lowest BCUT2D eigenvalue weighted by Crippen LogP contribution is -2.28. The minimum atomic E-state index is -0.644. The molecule has 0 saturated carbocycles. The van der Waals surface area contributed by atoms with Crippen LogP contribution >= 0.6 is 23.2 Å². The monoisotopic (exact) mass is 456 g/mol. The van der Waals surface area contributed by atoms with Crippen LogP contribution in [-0.2, 0) is 19.1 Å². The van der Waals surface area contributed by atoms with Gasteiger partial charge in [0.25, 0.3) is 5.91 Å². The first-order chi connectivity index (χ1) is 14.9. The second kappa shape index (κ2) is 8.96. The Labute approximate surface area is 188 Å². The Morgan fingerprint density at radius 1 is 1.03 bits per heavy atom. The molecule has 1 atom stereocenters. The van der Waals surface area contributed by atoms with Gasteiger partial charge in [0, 0.05) is 18.4 Å². The molecule has 3 aromatic carbocycles. The number of ether oxygens (including phenoxy) is 1. The number of fused-ring (bicyclic) bond motifs is 1. The van der Waals surface area contributed by atoms with Gasteiger partial charge in [-0.1, -0.05) is 65.7 Å². The molecule has 1 fully saturated rings. The van der Waals surface area contributed by atoms with Crippen LogP contribution in [0.3, 0.4) is 0 Å². The second-order valence-electron chi connectivity index (χ2n) is 7.16. The fourth-order valence-corrected chi connectivity index (χ4v) is 3.93. The normalized spacial score (nSPS) is 15.9. The van der Waals surface area contributed by atoms with Crippen LogP contribution in [0.15, 0.2) is 60.7 Å². The summed E-state index contributed by atoms with van der Waals surface area (Å²) in [6.07, 6.45) is 0.0315. The molecular weight excluding hydrogens is 439 g/mol. The van der Waals surface area contributed by atoms with Crippen LogP contribution in [0, 0.1) is 5.92 Å². The molecule has 0 aromatic heterocycles. The van der Waals surface area contributed by atoms with Gasteiger partial charge >= 0.3 is 5.97 Å². The number of hydrogen-bond acceptors (Lipinski definition) is 4. The summed E-state index contributed by atoms with van der Waals surface area (Å²) in [5, 5.41) is 5.00. The minimum absolute atomic E-state index is 0.0315. The number of nitrogens with zero attached hydrogens (tertiary/aromatic N) is 1. The molecule has 1 N–H and O–H groups in total. The van der Waals surface area contributed by atoms with Crippen molar-refractivity contribution in [3.63, 3.8) is 0 Å². The number of carbonyl (C=O) groups is 3. The maximum atomic E-state index is 12.6. The zero-order chi connectivity index (χ0) is 22.0. The number of hydrogen-bond donors (Lipinski definition) is 1. The van der Waals surface area contributed by atoms with Crippen LogP contribution in [0.25, 0.3) is 10.8 Å². The number of rotatable bonds is 5. The number of esters is 1. The highest BCUT2D eigenvalue weighted by Crippen LogP contribution is 2.32. The van der Waals surface area contributed by atoms with Crippen LogP contribution in [-0.4, -0.2) is 30.9 Å². The Hall–Kier alpha value is -3.09. The van der Waals surface area contributed by atoms with Crippen molar-refractivity contribution < 1.29 is 19.1 Å². The summed E-state index contributed by atoms with van der Waals surface area (Å²) >= 11 is 12.0. The van der Waals surface area contributed by atoms with Gasteiger partial charge in [-0.25, -0.2) is 0 Å². The van der Waals surface area contributed by atoms with Crippen LogP contribution in [0.5, 0.6) is 0 Å². The largest absolute Gasteiger partial charge is 0.455 e. The molecule has 6 nitrogen and oxygen atoms in total. The van der Waals surface area contributed by atoms with Gasteiger partial charge in [0.05, 0.1) is 27.3 Å². The Morgan fingerprint density at radius 3 is 2.61 bits per heavy atom. The van der Waals surface area contributed by atoms with Gasteiger partial charge in [-0.3, -0.25) is 14.4 Å². The van der Waals surface area contributed by atoms with E-state index in [0.29, 0.717) is 10.7 Å². The lowest BCUT2D eigenvalue weighted by Gasteiger charge is -2.18. The smallest absolute Gasteiger partial charge is 0.311 e. The van der Waals surface area contributed by atoms with E-state index >= 15 is 0 Å². The molecule has 4 rings (SSSR count). The summed E-state index contributed by atoms with van der Waals surface area (Å²) in [6, 6.07) is 18.3. The summed E-state index contributed by atoms with van der Waals surface area (Å²) < 4.78 is 5.14. The van der Waals surface area contributed by atoms with Crippen molar-refractivity contribution in [2.24, 2.45) is 5.92 Å². The Kier molecular flexibility index (Phi) is 6.11. The van der Waals surface area contributed by atoms with Crippen LogP contribution in [0.4, 0.5) is 11.4 Å². The van der Waals surface area contributed by atoms with E-state index in [1.54, 1.807) is 23.1 Å². The molecule has 1 heterocycles. The zero-order valence-electron chi connectivity index (χ0n) is 16.3. The predicted molar refractivity (Wildman–Crippen MR) is 120 cm³/mol. The van der Waals surface area contributed by atoms with Crippen molar-refractivity contribution in [3.8, 4) is 0 Å². The highest BCUT2D eigenvalue weighted by molar-refractivity contribution is 6.44. The van der Waals surface area contributed by atoms with Crippen molar-refractivity contribution in [3.05, 3.63) is 70.7 Å².